The molecule has 1 unspecified atom stereocenters. The molecular formula is C21H26N4O2. The number of oxazole rings is 1. The molecule has 1 aromatic carbocycles. The van der Waals surface area contributed by atoms with E-state index in [0.29, 0.717) is 12.5 Å². The number of fused-ring (bicyclic) bond motifs is 1. The third kappa shape index (κ3) is 3.49. The number of H-pyrrole nitrogens is 1. The maximum atomic E-state index is 12.9. The van der Waals surface area contributed by atoms with Crippen molar-refractivity contribution >= 4 is 16.8 Å². The summed E-state index contributed by atoms with van der Waals surface area (Å²) in [5.74, 6) is 1.06. The van der Waals surface area contributed by atoms with E-state index in [4.69, 9.17) is 4.42 Å². The average Bonchev–Trinajstić information content (AvgIpc) is 3.36. The molecule has 1 fully saturated rings. The third-order valence-electron chi connectivity index (χ3n) is 5.72. The molecule has 0 spiro atoms. The van der Waals surface area contributed by atoms with E-state index in [9.17, 15) is 4.79 Å². The van der Waals surface area contributed by atoms with Crippen molar-refractivity contribution in [3.63, 3.8) is 0 Å². The first-order valence-corrected chi connectivity index (χ1v) is 9.45. The summed E-state index contributed by atoms with van der Waals surface area (Å²) in [6.45, 7) is 6.36. The predicted octanol–water partition coefficient (Wildman–Crippen LogP) is 3.05. The molecule has 1 amide bonds. The summed E-state index contributed by atoms with van der Waals surface area (Å²) in [5, 5.41) is 1.18. The molecule has 6 nitrogen and oxygen atoms in total. The number of aromatic nitrogens is 2. The van der Waals surface area contributed by atoms with Gasteiger partial charge in [0, 0.05) is 42.8 Å². The summed E-state index contributed by atoms with van der Waals surface area (Å²) in [4.78, 5) is 24.7. The SMILES string of the molecule is Cc1ocnc1CN(C)C1CCN(C(=O)Cc2c[nH]c3cccc(C)c23)C1. The van der Waals surface area contributed by atoms with Crippen molar-refractivity contribution < 1.29 is 9.21 Å². The number of hydrogen-bond donors (Lipinski definition) is 1. The van der Waals surface area contributed by atoms with Crippen molar-refractivity contribution in [1.82, 2.24) is 19.8 Å². The first-order chi connectivity index (χ1) is 13.0. The summed E-state index contributed by atoms with van der Waals surface area (Å²) in [5.41, 5.74) is 4.36. The number of nitrogens with one attached hydrogen (secondary N) is 1. The van der Waals surface area contributed by atoms with Gasteiger partial charge in [-0.25, -0.2) is 4.98 Å². The smallest absolute Gasteiger partial charge is 0.227 e. The molecule has 1 aliphatic heterocycles. The number of rotatable bonds is 5. The zero-order valence-corrected chi connectivity index (χ0v) is 16.2. The van der Waals surface area contributed by atoms with Crippen LogP contribution in [0.3, 0.4) is 0 Å². The Morgan fingerprint density at radius 2 is 2.26 bits per heavy atom. The highest BCUT2D eigenvalue weighted by atomic mass is 16.3. The lowest BCUT2D eigenvalue weighted by molar-refractivity contribution is -0.129. The van der Waals surface area contributed by atoms with Crippen LogP contribution in [0.1, 0.15) is 29.0 Å². The molecule has 142 valence electrons. The van der Waals surface area contributed by atoms with Crippen LogP contribution in [-0.2, 0) is 17.8 Å². The lowest BCUT2D eigenvalue weighted by Crippen LogP contribution is -2.36. The number of benzene rings is 1. The van der Waals surface area contributed by atoms with Gasteiger partial charge in [0.2, 0.25) is 5.91 Å². The van der Waals surface area contributed by atoms with Crippen LogP contribution in [0, 0.1) is 13.8 Å². The number of aromatic amines is 1. The predicted molar refractivity (Wildman–Crippen MR) is 104 cm³/mol. The summed E-state index contributed by atoms with van der Waals surface area (Å²) in [6, 6.07) is 6.55. The van der Waals surface area contributed by atoms with E-state index in [0.717, 1.165) is 48.6 Å². The molecule has 3 aromatic rings. The van der Waals surface area contributed by atoms with E-state index in [2.05, 4.69) is 41.0 Å². The molecule has 1 aliphatic rings. The van der Waals surface area contributed by atoms with Crippen LogP contribution in [0.15, 0.2) is 35.2 Å². The zero-order chi connectivity index (χ0) is 19.0. The fraction of sp³-hybridized carbons (Fsp3) is 0.429. The molecule has 0 saturated carbocycles. The van der Waals surface area contributed by atoms with Crippen molar-refractivity contribution in [2.24, 2.45) is 0 Å². The van der Waals surface area contributed by atoms with Crippen molar-refractivity contribution in [3.05, 3.63) is 53.4 Å². The van der Waals surface area contributed by atoms with Crippen LogP contribution in [0.4, 0.5) is 0 Å². The molecule has 1 N–H and O–H groups in total. The van der Waals surface area contributed by atoms with E-state index >= 15 is 0 Å². The van der Waals surface area contributed by atoms with E-state index in [1.807, 2.05) is 24.1 Å². The Balaban J connectivity index is 1.39. The Bertz CT molecular complexity index is 958. The fourth-order valence-electron chi connectivity index (χ4n) is 4.04. The minimum Gasteiger partial charge on any atom is -0.448 e. The highest BCUT2D eigenvalue weighted by Crippen LogP contribution is 2.24. The molecule has 6 heteroatoms. The second-order valence-corrected chi connectivity index (χ2v) is 7.54. The van der Waals surface area contributed by atoms with E-state index in [-0.39, 0.29) is 5.91 Å². The van der Waals surface area contributed by atoms with E-state index in [1.54, 1.807) is 0 Å². The van der Waals surface area contributed by atoms with Crippen LogP contribution < -0.4 is 0 Å². The largest absolute Gasteiger partial charge is 0.448 e. The van der Waals surface area contributed by atoms with Crippen molar-refractivity contribution in [2.75, 3.05) is 20.1 Å². The van der Waals surface area contributed by atoms with Gasteiger partial charge in [-0.05, 0) is 44.5 Å². The summed E-state index contributed by atoms with van der Waals surface area (Å²) >= 11 is 0. The number of carbonyl (C=O) groups is 1. The Hall–Kier alpha value is -2.60. The molecule has 27 heavy (non-hydrogen) atoms. The molecule has 0 radical (unpaired) electrons. The van der Waals surface area contributed by atoms with Gasteiger partial charge in [-0.15, -0.1) is 0 Å². The lowest BCUT2D eigenvalue weighted by atomic mass is 10.1. The number of amides is 1. The Morgan fingerprint density at radius 3 is 3.04 bits per heavy atom. The van der Waals surface area contributed by atoms with Crippen molar-refractivity contribution in [1.29, 1.82) is 0 Å². The number of carbonyl (C=O) groups excluding carboxylic acids is 1. The second kappa shape index (κ2) is 7.19. The molecule has 4 rings (SSSR count). The quantitative estimate of drug-likeness (QED) is 0.754. The number of likely N-dealkylation sites (N-methyl/N-ethyl adjacent to an activating group) is 1. The molecule has 0 aliphatic carbocycles. The molecule has 2 aromatic heterocycles. The fourth-order valence-corrected chi connectivity index (χ4v) is 4.04. The number of nitrogens with zero attached hydrogens (tertiary/aromatic N) is 3. The zero-order valence-electron chi connectivity index (χ0n) is 16.2. The monoisotopic (exact) mass is 366 g/mol. The third-order valence-corrected chi connectivity index (χ3v) is 5.72. The van der Waals surface area contributed by atoms with Crippen LogP contribution in [-0.4, -0.2) is 51.9 Å². The first-order valence-electron chi connectivity index (χ1n) is 9.45. The van der Waals surface area contributed by atoms with Gasteiger partial charge in [0.1, 0.15) is 5.76 Å². The van der Waals surface area contributed by atoms with Crippen LogP contribution in [0.2, 0.25) is 0 Å². The van der Waals surface area contributed by atoms with Gasteiger partial charge in [0.25, 0.3) is 0 Å². The molecular weight excluding hydrogens is 340 g/mol. The van der Waals surface area contributed by atoms with E-state index in [1.165, 1.54) is 17.3 Å². The minimum absolute atomic E-state index is 0.202. The van der Waals surface area contributed by atoms with Gasteiger partial charge in [-0.2, -0.15) is 0 Å². The minimum atomic E-state index is 0.202. The highest BCUT2D eigenvalue weighted by molar-refractivity contribution is 5.91. The maximum absolute atomic E-state index is 12.9. The van der Waals surface area contributed by atoms with Gasteiger partial charge in [-0.3, -0.25) is 9.69 Å². The van der Waals surface area contributed by atoms with Crippen molar-refractivity contribution in [3.8, 4) is 0 Å². The van der Waals surface area contributed by atoms with Crippen molar-refractivity contribution in [2.45, 2.75) is 39.3 Å². The van der Waals surface area contributed by atoms with Gasteiger partial charge in [0.05, 0.1) is 12.1 Å². The Labute approximate surface area is 159 Å². The molecule has 3 heterocycles. The Morgan fingerprint density at radius 1 is 1.41 bits per heavy atom. The number of hydrogen-bond acceptors (Lipinski definition) is 4. The summed E-state index contributed by atoms with van der Waals surface area (Å²) in [6.07, 6.45) is 4.91. The molecule has 1 atom stereocenters. The van der Waals surface area contributed by atoms with Crippen LogP contribution in [0.5, 0.6) is 0 Å². The van der Waals surface area contributed by atoms with Crippen LogP contribution >= 0.6 is 0 Å². The normalized spacial score (nSPS) is 17.3. The van der Waals surface area contributed by atoms with E-state index < -0.39 is 0 Å². The topological polar surface area (TPSA) is 65.4 Å². The standard InChI is InChI=1S/C21H26N4O2/c1-14-5-4-6-18-21(14)16(10-22-18)9-20(26)25-8-7-17(11-25)24(3)12-19-15(2)27-13-23-19/h4-6,10,13,17,22H,7-9,11-12H2,1-3H3. The van der Waals surface area contributed by atoms with Gasteiger partial charge in [-0.1, -0.05) is 12.1 Å². The Kier molecular flexibility index (Phi) is 4.74. The molecule has 0 bridgehead atoms. The summed E-state index contributed by atoms with van der Waals surface area (Å²) in [7, 11) is 2.09. The average molecular weight is 366 g/mol. The maximum Gasteiger partial charge on any atom is 0.227 e. The highest BCUT2D eigenvalue weighted by Gasteiger charge is 2.29. The first kappa shape index (κ1) is 17.8. The lowest BCUT2D eigenvalue weighted by Gasteiger charge is -2.24. The summed E-state index contributed by atoms with van der Waals surface area (Å²) < 4.78 is 5.29. The van der Waals surface area contributed by atoms with Gasteiger partial charge < -0.3 is 14.3 Å². The molecule has 1 saturated heterocycles. The van der Waals surface area contributed by atoms with Gasteiger partial charge in [0.15, 0.2) is 6.39 Å². The number of likely N-dealkylation sites (tertiary alicyclic amines) is 1. The van der Waals surface area contributed by atoms with Gasteiger partial charge >= 0.3 is 0 Å². The van der Waals surface area contributed by atoms with Crippen LogP contribution in [0.25, 0.3) is 10.9 Å². The second-order valence-electron chi connectivity index (χ2n) is 7.54. The number of aryl methyl sites for hydroxylation is 2.